The number of nitrogens with zero attached hydrogens (tertiary/aromatic N) is 1. The van der Waals surface area contributed by atoms with Crippen molar-refractivity contribution in [3.8, 4) is 0 Å². The Balaban J connectivity index is 1.91. The molecule has 1 aliphatic heterocycles. The second kappa shape index (κ2) is 5.88. The van der Waals surface area contributed by atoms with Crippen molar-refractivity contribution in [1.29, 1.82) is 0 Å². The van der Waals surface area contributed by atoms with Crippen molar-refractivity contribution < 1.29 is 8.42 Å². The Morgan fingerprint density at radius 1 is 1.22 bits per heavy atom. The minimum atomic E-state index is -2.79. The number of hydrogen-bond acceptors (Lipinski definition) is 4. The lowest BCUT2D eigenvalue weighted by Crippen LogP contribution is -2.47. The Hall–Kier alpha value is -0.130. The SMILES string of the molecule is CC(C)C(CNC1CC1)N1CCCS(=O)(=O)CC1. The van der Waals surface area contributed by atoms with Gasteiger partial charge in [-0.1, -0.05) is 13.8 Å². The van der Waals surface area contributed by atoms with Gasteiger partial charge >= 0.3 is 0 Å². The fourth-order valence-electron chi connectivity index (χ4n) is 2.65. The first-order chi connectivity index (χ1) is 8.48. The summed E-state index contributed by atoms with van der Waals surface area (Å²) in [5.74, 6) is 1.27. The number of hydrogen-bond donors (Lipinski definition) is 1. The molecule has 0 aromatic rings. The molecule has 1 atom stereocenters. The molecule has 2 rings (SSSR count). The Bertz CT molecular complexity index is 363. The van der Waals surface area contributed by atoms with E-state index in [4.69, 9.17) is 0 Å². The van der Waals surface area contributed by atoms with Crippen LogP contribution >= 0.6 is 0 Å². The maximum Gasteiger partial charge on any atom is 0.151 e. The van der Waals surface area contributed by atoms with Crippen LogP contribution in [0.15, 0.2) is 0 Å². The Labute approximate surface area is 111 Å². The second-order valence-corrected chi connectivity index (χ2v) is 8.34. The van der Waals surface area contributed by atoms with Gasteiger partial charge in [0.05, 0.1) is 11.5 Å². The fraction of sp³-hybridized carbons (Fsp3) is 1.00. The fourth-order valence-corrected chi connectivity index (χ4v) is 3.94. The maximum atomic E-state index is 11.6. The zero-order valence-electron chi connectivity index (χ0n) is 11.6. The van der Waals surface area contributed by atoms with Gasteiger partial charge in [0.1, 0.15) is 0 Å². The van der Waals surface area contributed by atoms with Crippen LogP contribution in [0, 0.1) is 5.92 Å². The van der Waals surface area contributed by atoms with E-state index in [1.807, 2.05) is 0 Å². The largest absolute Gasteiger partial charge is 0.312 e. The Kier molecular flexibility index (Phi) is 4.67. The molecule has 1 unspecified atom stereocenters. The first-order valence-electron chi connectivity index (χ1n) is 7.16. The Morgan fingerprint density at radius 2 is 1.94 bits per heavy atom. The van der Waals surface area contributed by atoms with Crippen molar-refractivity contribution in [1.82, 2.24) is 10.2 Å². The highest BCUT2D eigenvalue weighted by atomic mass is 32.2. The van der Waals surface area contributed by atoms with Crippen LogP contribution in [0.1, 0.15) is 33.1 Å². The molecule has 1 N–H and O–H groups in total. The van der Waals surface area contributed by atoms with Gasteiger partial charge in [0, 0.05) is 25.2 Å². The molecule has 0 bridgehead atoms. The van der Waals surface area contributed by atoms with Crippen molar-refractivity contribution in [3.63, 3.8) is 0 Å². The third kappa shape index (κ3) is 4.21. The molecule has 18 heavy (non-hydrogen) atoms. The van der Waals surface area contributed by atoms with E-state index in [-0.39, 0.29) is 0 Å². The van der Waals surface area contributed by atoms with Gasteiger partial charge in [-0.15, -0.1) is 0 Å². The summed E-state index contributed by atoms with van der Waals surface area (Å²) in [6.07, 6.45) is 3.40. The standard InChI is InChI=1S/C13H26N2O2S/c1-11(2)13(10-14-12-4-5-12)15-6-3-8-18(16,17)9-7-15/h11-14H,3-10H2,1-2H3. The third-order valence-electron chi connectivity index (χ3n) is 4.02. The van der Waals surface area contributed by atoms with Crippen molar-refractivity contribution in [2.45, 2.75) is 45.2 Å². The zero-order chi connectivity index (χ0) is 13.2. The molecule has 5 heteroatoms. The average Bonchev–Trinajstić information content (AvgIpc) is 3.08. The normalized spacial score (nSPS) is 27.1. The second-order valence-electron chi connectivity index (χ2n) is 6.04. The molecular weight excluding hydrogens is 248 g/mol. The molecule has 0 amide bonds. The first-order valence-corrected chi connectivity index (χ1v) is 8.98. The van der Waals surface area contributed by atoms with E-state index in [9.17, 15) is 8.42 Å². The molecule has 0 aromatic heterocycles. The van der Waals surface area contributed by atoms with E-state index in [0.29, 0.717) is 30.0 Å². The Morgan fingerprint density at radius 3 is 2.56 bits per heavy atom. The highest BCUT2D eigenvalue weighted by Crippen LogP contribution is 2.20. The van der Waals surface area contributed by atoms with E-state index in [0.717, 1.165) is 25.6 Å². The highest BCUT2D eigenvalue weighted by molar-refractivity contribution is 7.91. The van der Waals surface area contributed by atoms with E-state index in [2.05, 4.69) is 24.1 Å². The summed E-state index contributed by atoms with van der Waals surface area (Å²) in [6.45, 7) is 7.10. The monoisotopic (exact) mass is 274 g/mol. The van der Waals surface area contributed by atoms with Gasteiger partial charge in [0.15, 0.2) is 9.84 Å². The molecule has 4 nitrogen and oxygen atoms in total. The topological polar surface area (TPSA) is 49.4 Å². The number of sulfone groups is 1. The van der Waals surface area contributed by atoms with Gasteiger partial charge in [-0.2, -0.15) is 0 Å². The molecule has 1 saturated heterocycles. The van der Waals surface area contributed by atoms with Crippen LogP contribution < -0.4 is 5.32 Å². The summed E-state index contributed by atoms with van der Waals surface area (Å²) >= 11 is 0. The van der Waals surface area contributed by atoms with Crippen LogP contribution in [0.3, 0.4) is 0 Å². The van der Waals surface area contributed by atoms with Crippen molar-refractivity contribution in [3.05, 3.63) is 0 Å². The van der Waals surface area contributed by atoms with Crippen molar-refractivity contribution in [2.24, 2.45) is 5.92 Å². The molecule has 0 radical (unpaired) electrons. The third-order valence-corrected chi connectivity index (χ3v) is 5.74. The van der Waals surface area contributed by atoms with Crippen LogP contribution in [-0.2, 0) is 9.84 Å². The summed E-state index contributed by atoms with van der Waals surface area (Å²) in [5.41, 5.74) is 0. The maximum absolute atomic E-state index is 11.6. The number of nitrogens with one attached hydrogen (secondary N) is 1. The van der Waals surface area contributed by atoms with E-state index >= 15 is 0 Å². The summed E-state index contributed by atoms with van der Waals surface area (Å²) in [4.78, 5) is 2.38. The van der Waals surface area contributed by atoms with Gasteiger partial charge in [-0.3, -0.25) is 4.90 Å². The predicted octanol–water partition coefficient (Wildman–Crippen LogP) is 0.884. The molecular formula is C13H26N2O2S. The summed E-state index contributed by atoms with van der Waals surface area (Å²) in [7, 11) is -2.79. The van der Waals surface area contributed by atoms with Crippen LogP contribution in [0.4, 0.5) is 0 Å². The summed E-state index contributed by atoms with van der Waals surface area (Å²) in [6, 6.07) is 1.20. The van der Waals surface area contributed by atoms with Crippen molar-refractivity contribution >= 4 is 9.84 Å². The molecule has 1 saturated carbocycles. The van der Waals surface area contributed by atoms with E-state index in [1.165, 1.54) is 12.8 Å². The van der Waals surface area contributed by atoms with Crippen molar-refractivity contribution in [2.75, 3.05) is 31.1 Å². The highest BCUT2D eigenvalue weighted by Gasteiger charge is 2.28. The lowest BCUT2D eigenvalue weighted by atomic mass is 10.0. The van der Waals surface area contributed by atoms with Gasteiger partial charge in [0.25, 0.3) is 0 Å². The van der Waals surface area contributed by atoms with Crippen LogP contribution in [0.5, 0.6) is 0 Å². The summed E-state index contributed by atoms with van der Waals surface area (Å²) < 4.78 is 23.3. The molecule has 0 spiro atoms. The average molecular weight is 274 g/mol. The zero-order valence-corrected chi connectivity index (χ0v) is 12.4. The molecule has 1 aliphatic carbocycles. The smallest absolute Gasteiger partial charge is 0.151 e. The lowest BCUT2D eigenvalue weighted by molar-refractivity contribution is 0.162. The minimum absolute atomic E-state index is 0.333. The van der Waals surface area contributed by atoms with Gasteiger partial charge in [-0.05, 0) is 31.7 Å². The van der Waals surface area contributed by atoms with Gasteiger partial charge in [0.2, 0.25) is 0 Å². The van der Waals surface area contributed by atoms with Crippen LogP contribution in [-0.4, -0.2) is 56.5 Å². The predicted molar refractivity (Wildman–Crippen MR) is 74.5 cm³/mol. The van der Waals surface area contributed by atoms with E-state index in [1.54, 1.807) is 0 Å². The molecule has 0 aromatic carbocycles. The molecule has 106 valence electrons. The quantitative estimate of drug-likeness (QED) is 0.809. The van der Waals surface area contributed by atoms with Gasteiger partial charge < -0.3 is 5.32 Å². The minimum Gasteiger partial charge on any atom is -0.312 e. The summed E-state index contributed by atoms with van der Waals surface area (Å²) in [5, 5.41) is 3.59. The van der Waals surface area contributed by atoms with Gasteiger partial charge in [-0.25, -0.2) is 8.42 Å². The first kappa shape index (κ1) is 14.3. The molecule has 2 aliphatic rings. The lowest BCUT2D eigenvalue weighted by Gasteiger charge is -2.33. The molecule has 1 heterocycles. The molecule has 2 fully saturated rings. The van der Waals surface area contributed by atoms with E-state index < -0.39 is 9.84 Å². The van der Waals surface area contributed by atoms with Crippen LogP contribution in [0.25, 0.3) is 0 Å². The number of rotatable bonds is 5. The van der Waals surface area contributed by atoms with Crippen LogP contribution in [0.2, 0.25) is 0 Å².